The SMILES string of the molecule is CCCC(C)(N)CNCc1sccc1C. The van der Waals surface area contributed by atoms with Crippen molar-refractivity contribution >= 4 is 11.3 Å². The van der Waals surface area contributed by atoms with Crippen LogP contribution in [0.25, 0.3) is 0 Å². The van der Waals surface area contributed by atoms with E-state index in [-0.39, 0.29) is 5.54 Å². The molecule has 0 fully saturated rings. The predicted octanol–water partition coefficient (Wildman–Crippen LogP) is 2.66. The van der Waals surface area contributed by atoms with Gasteiger partial charge in [0.2, 0.25) is 0 Å². The van der Waals surface area contributed by atoms with Crippen LogP contribution < -0.4 is 11.1 Å². The Bertz CT molecular complexity index is 292. The second-order valence-electron chi connectivity index (χ2n) is 4.53. The Balaban J connectivity index is 2.30. The minimum absolute atomic E-state index is 0.0695. The Labute approximate surface area is 96.9 Å². The number of aryl methyl sites for hydroxylation is 1. The minimum atomic E-state index is -0.0695. The van der Waals surface area contributed by atoms with Crippen LogP contribution in [0.15, 0.2) is 11.4 Å². The van der Waals surface area contributed by atoms with Gasteiger partial charge in [-0.05, 0) is 37.3 Å². The molecule has 1 aromatic heterocycles. The quantitative estimate of drug-likeness (QED) is 0.782. The molecule has 2 nitrogen and oxygen atoms in total. The van der Waals surface area contributed by atoms with E-state index in [1.807, 2.05) is 11.3 Å². The fourth-order valence-corrected chi connectivity index (χ4v) is 2.58. The molecule has 3 heteroatoms. The van der Waals surface area contributed by atoms with Crippen LogP contribution in [-0.4, -0.2) is 12.1 Å². The maximum absolute atomic E-state index is 6.15. The van der Waals surface area contributed by atoms with Crippen LogP contribution in [0.5, 0.6) is 0 Å². The Kier molecular flexibility index (Phi) is 4.77. The lowest BCUT2D eigenvalue weighted by Crippen LogP contribution is -2.45. The first-order chi connectivity index (χ1) is 7.05. The van der Waals surface area contributed by atoms with Gasteiger partial charge in [0.1, 0.15) is 0 Å². The van der Waals surface area contributed by atoms with E-state index in [1.165, 1.54) is 10.4 Å². The van der Waals surface area contributed by atoms with Crippen molar-refractivity contribution in [1.82, 2.24) is 5.32 Å². The summed E-state index contributed by atoms with van der Waals surface area (Å²) in [5, 5.41) is 5.58. The van der Waals surface area contributed by atoms with E-state index in [1.54, 1.807) is 0 Å². The number of hydrogen-bond acceptors (Lipinski definition) is 3. The summed E-state index contributed by atoms with van der Waals surface area (Å²) in [4.78, 5) is 1.42. The van der Waals surface area contributed by atoms with Crippen molar-refractivity contribution in [3.05, 3.63) is 21.9 Å². The summed E-state index contributed by atoms with van der Waals surface area (Å²) >= 11 is 1.81. The molecule has 0 radical (unpaired) electrons. The molecule has 1 rings (SSSR count). The first kappa shape index (κ1) is 12.7. The van der Waals surface area contributed by atoms with Crippen LogP contribution in [0.2, 0.25) is 0 Å². The number of nitrogens with one attached hydrogen (secondary N) is 1. The van der Waals surface area contributed by atoms with Gasteiger partial charge in [-0.3, -0.25) is 0 Å². The standard InChI is InChI=1S/C12H22N2S/c1-4-6-12(3,13)9-14-8-11-10(2)5-7-15-11/h5,7,14H,4,6,8-9,13H2,1-3H3. The zero-order valence-corrected chi connectivity index (χ0v) is 10.8. The molecule has 0 aromatic carbocycles. The average Bonchev–Trinajstić information content (AvgIpc) is 2.51. The van der Waals surface area contributed by atoms with Gasteiger partial charge >= 0.3 is 0 Å². The summed E-state index contributed by atoms with van der Waals surface area (Å²) in [5.41, 5.74) is 7.45. The van der Waals surface area contributed by atoms with Crippen molar-refractivity contribution in [1.29, 1.82) is 0 Å². The molecule has 0 bridgehead atoms. The van der Waals surface area contributed by atoms with Crippen molar-refractivity contribution in [3.8, 4) is 0 Å². The molecular weight excluding hydrogens is 204 g/mol. The third kappa shape index (κ3) is 4.33. The van der Waals surface area contributed by atoms with Crippen molar-refractivity contribution in [2.75, 3.05) is 6.54 Å². The fraction of sp³-hybridized carbons (Fsp3) is 0.667. The molecule has 0 aliphatic carbocycles. The van der Waals surface area contributed by atoms with Gasteiger partial charge in [0.05, 0.1) is 0 Å². The molecule has 1 atom stereocenters. The molecule has 0 aliphatic rings. The maximum atomic E-state index is 6.15. The summed E-state index contributed by atoms with van der Waals surface area (Å²) in [5.74, 6) is 0. The van der Waals surface area contributed by atoms with Crippen molar-refractivity contribution in [2.24, 2.45) is 5.73 Å². The molecular formula is C12H22N2S. The van der Waals surface area contributed by atoms with Crippen molar-refractivity contribution < 1.29 is 0 Å². The van der Waals surface area contributed by atoms with E-state index in [0.29, 0.717) is 0 Å². The summed E-state index contributed by atoms with van der Waals surface area (Å²) in [7, 11) is 0. The van der Waals surface area contributed by atoms with Gasteiger partial charge in [-0.2, -0.15) is 0 Å². The highest BCUT2D eigenvalue weighted by atomic mass is 32.1. The van der Waals surface area contributed by atoms with Crippen molar-refractivity contribution in [3.63, 3.8) is 0 Å². The Hall–Kier alpha value is -0.380. The van der Waals surface area contributed by atoms with E-state index in [9.17, 15) is 0 Å². The van der Waals surface area contributed by atoms with Gasteiger partial charge in [0.15, 0.2) is 0 Å². The van der Waals surface area contributed by atoms with E-state index in [2.05, 4.69) is 37.5 Å². The molecule has 1 aromatic rings. The lowest BCUT2D eigenvalue weighted by Gasteiger charge is -2.24. The highest BCUT2D eigenvalue weighted by Crippen LogP contribution is 2.15. The number of hydrogen-bond donors (Lipinski definition) is 2. The van der Waals surface area contributed by atoms with Gasteiger partial charge in [0, 0.05) is 23.5 Å². The molecule has 0 saturated carbocycles. The summed E-state index contributed by atoms with van der Waals surface area (Å²) in [6.07, 6.45) is 2.22. The number of thiophene rings is 1. The van der Waals surface area contributed by atoms with E-state index < -0.39 is 0 Å². The average molecular weight is 226 g/mol. The highest BCUT2D eigenvalue weighted by molar-refractivity contribution is 7.10. The molecule has 3 N–H and O–H groups in total. The zero-order chi connectivity index (χ0) is 11.3. The van der Waals surface area contributed by atoms with Gasteiger partial charge in [-0.25, -0.2) is 0 Å². The number of nitrogens with two attached hydrogens (primary N) is 1. The molecule has 1 unspecified atom stereocenters. The Morgan fingerprint density at radius 1 is 1.53 bits per heavy atom. The lowest BCUT2D eigenvalue weighted by molar-refractivity contribution is 0.397. The largest absolute Gasteiger partial charge is 0.324 e. The third-order valence-corrected chi connectivity index (χ3v) is 3.63. The molecule has 0 spiro atoms. The third-order valence-electron chi connectivity index (χ3n) is 2.60. The first-order valence-corrected chi connectivity index (χ1v) is 6.46. The lowest BCUT2D eigenvalue weighted by atomic mass is 9.98. The first-order valence-electron chi connectivity index (χ1n) is 5.58. The zero-order valence-electron chi connectivity index (χ0n) is 9.97. The molecule has 86 valence electrons. The van der Waals surface area contributed by atoms with Gasteiger partial charge < -0.3 is 11.1 Å². The van der Waals surface area contributed by atoms with Gasteiger partial charge in [0.25, 0.3) is 0 Å². The monoisotopic (exact) mass is 226 g/mol. The number of rotatable bonds is 6. The normalized spacial score (nSPS) is 15.2. The highest BCUT2D eigenvalue weighted by Gasteiger charge is 2.16. The van der Waals surface area contributed by atoms with Crippen LogP contribution in [0.4, 0.5) is 0 Å². The molecule has 0 amide bonds. The Morgan fingerprint density at radius 3 is 2.80 bits per heavy atom. The van der Waals surface area contributed by atoms with Crippen LogP contribution in [-0.2, 0) is 6.54 Å². The van der Waals surface area contributed by atoms with E-state index in [4.69, 9.17) is 5.73 Å². The van der Waals surface area contributed by atoms with E-state index >= 15 is 0 Å². The Morgan fingerprint density at radius 2 is 2.27 bits per heavy atom. The fourth-order valence-electron chi connectivity index (χ4n) is 1.71. The maximum Gasteiger partial charge on any atom is 0.0303 e. The van der Waals surface area contributed by atoms with Crippen LogP contribution >= 0.6 is 11.3 Å². The summed E-state index contributed by atoms with van der Waals surface area (Å²) in [6.45, 7) is 8.28. The van der Waals surface area contributed by atoms with Crippen LogP contribution in [0.3, 0.4) is 0 Å². The molecule has 1 heterocycles. The van der Waals surface area contributed by atoms with Crippen molar-refractivity contribution in [2.45, 2.75) is 45.7 Å². The van der Waals surface area contributed by atoms with Crippen LogP contribution in [0, 0.1) is 6.92 Å². The minimum Gasteiger partial charge on any atom is -0.324 e. The summed E-state index contributed by atoms with van der Waals surface area (Å²) in [6, 6.07) is 2.16. The van der Waals surface area contributed by atoms with Gasteiger partial charge in [-0.1, -0.05) is 13.3 Å². The smallest absolute Gasteiger partial charge is 0.0303 e. The second kappa shape index (κ2) is 5.64. The topological polar surface area (TPSA) is 38.0 Å². The van der Waals surface area contributed by atoms with Crippen LogP contribution in [0.1, 0.15) is 37.1 Å². The molecule has 0 aliphatic heterocycles. The molecule has 0 saturated heterocycles. The summed E-state index contributed by atoms with van der Waals surface area (Å²) < 4.78 is 0. The van der Waals surface area contributed by atoms with Gasteiger partial charge in [-0.15, -0.1) is 11.3 Å². The van der Waals surface area contributed by atoms with E-state index in [0.717, 1.165) is 25.9 Å². The second-order valence-corrected chi connectivity index (χ2v) is 5.54. The molecule has 15 heavy (non-hydrogen) atoms. The predicted molar refractivity (Wildman–Crippen MR) is 68.3 cm³/mol.